The number of hydrogen-bond donors (Lipinski definition) is 0. The van der Waals surface area contributed by atoms with Crippen LogP contribution in [0.25, 0.3) is 0 Å². The van der Waals surface area contributed by atoms with Crippen molar-refractivity contribution >= 4 is 21.9 Å². The molecule has 0 spiro atoms. The highest BCUT2D eigenvalue weighted by Crippen LogP contribution is 2.25. The molecule has 1 unspecified atom stereocenters. The minimum Gasteiger partial charge on any atom is -0.457 e. The standard InChI is InChI=1S/C11H17BrO2/c1-2-3-4-5-6-9(12)10-7-8-11(13)14-10/h6,10H,2-5,7-8H2,1H3/b9-6+. The Hall–Kier alpha value is -0.310. The first kappa shape index (κ1) is 11.8. The summed E-state index contributed by atoms with van der Waals surface area (Å²) in [6, 6.07) is 0. The van der Waals surface area contributed by atoms with Crippen molar-refractivity contribution in [1.29, 1.82) is 0 Å². The SMILES string of the molecule is CCCCC/C=C(/Br)C1CCC(=O)O1. The number of carbonyl (C=O) groups excluding carboxylic acids is 1. The summed E-state index contributed by atoms with van der Waals surface area (Å²) in [5, 5.41) is 0. The van der Waals surface area contributed by atoms with Crippen LogP contribution in [0.2, 0.25) is 0 Å². The van der Waals surface area contributed by atoms with Crippen LogP contribution in [0.15, 0.2) is 10.6 Å². The minimum absolute atomic E-state index is 0.0101. The van der Waals surface area contributed by atoms with E-state index in [-0.39, 0.29) is 12.1 Å². The van der Waals surface area contributed by atoms with Gasteiger partial charge in [-0.25, -0.2) is 0 Å². The Morgan fingerprint density at radius 2 is 2.43 bits per heavy atom. The molecule has 80 valence electrons. The van der Waals surface area contributed by atoms with Crippen LogP contribution in [0, 0.1) is 0 Å². The topological polar surface area (TPSA) is 26.3 Å². The van der Waals surface area contributed by atoms with Gasteiger partial charge in [-0.15, -0.1) is 0 Å². The molecule has 0 aromatic heterocycles. The maximum Gasteiger partial charge on any atom is 0.306 e. The molecule has 0 aromatic carbocycles. The van der Waals surface area contributed by atoms with Crippen LogP contribution < -0.4 is 0 Å². The lowest BCUT2D eigenvalue weighted by atomic mass is 10.1. The van der Waals surface area contributed by atoms with Gasteiger partial charge in [0.1, 0.15) is 6.10 Å². The monoisotopic (exact) mass is 260 g/mol. The molecule has 1 atom stereocenters. The Bertz CT molecular complexity index is 223. The zero-order valence-corrected chi connectivity index (χ0v) is 10.2. The van der Waals surface area contributed by atoms with Crippen LogP contribution in [0.3, 0.4) is 0 Å². The van der Waals surface area contributed by atoms with Crippen molar-refractivity contribution < 1.29 is 9.53 Å². The zero-order chi connectivity index (χ0) is 10.4. The Kier molecular flexibility index (Phi) is 5.23. The Labute approximate surface area is 93.8 Å². The minimum atomic E-state index is -0.0751. The van der Waals surface area contributed by atoms with Crippen molar-refractivity contribution in [2.45, 2.75) is 51.6 Å². The molecule has 0 aliphatic carbocycles. The van der Waals surface area contributed by atoms with Gasteiger partial charge in [-0.1, -0.05) is 41.8 Å². The Morgan fingerprint density at radius 1 is 1.64 bits per heavy atom. The second kappa shape index (κ2) is 6.23. The predicted molar refractivity (Wildman–Crippen MR) is 60.3 cm³/mol. The van der Waals surface area contributed by atoms with E-state index in [4.69, 9.17) is 4.74 Å². The van der Waals surface area contributed by atoms with E-state index >= 15 is 0 Å². The number of carbonyl (C=O) groups is 1. The summed E-state index contributed by atoms with van der Waals surface area (Å²) < 4.78 is 6.17. The lowest BCUT2D eigenvalue weighted by molar-refractivity contribution is -0.140. The molecule has 3 heteroatoms. The average Bonchev–Trinajstić information content (AvgIpc) is 2.59. The van der Waals surface area contributed by atoms with E-state index in [0.717, 1.165) is 17.3 Å². The highest BCUT2D eigenvalue weighted by Gasteiger charge is 2.24. The van der Waals surface area contributed by atoms with Gasteiger partial charge in [0, 0.05) is 10.9 Å². The fraction of sp³-hybridized carbons (Fsp3) is 0.727. The summed E-state index contributed by atoms with van der Waals surface area (Å²) in [4.78, 5) is 10.9. The number of allylic oxidation sites excluding steroid dienone is 1. The number of cyclic esters (lactones) is 1. The Morgan fingerprint density at radius 3 is 3.00 bits per heavy atom. The molecule has 0 amide bonds. The van der Waals surface area contributed by atoms with Crippen molar-refractivity contribution in [2.24, 2.45) is 0 Å². The molecule has 1 heterocycles. The van der Waals surface area contributed by atoms with E-state index in [0.29, 0.717) is 6.42 Å². The second-order valence-corrected chi connectivity index (χ2v) is 4.52. The molecule has 0 N–H and O–H groups in total. The van der Waals surface area contributed by atoms with Crippen molar-refractivity contribution in [3.05, 3.63) is 10.6 Å². The van der Waals surface area contributed by atoms with E-state index in [1.807, 2.05) is 0 Å². The van der Waals surface area contributed by atoms with Crippen molar-refractivity contribution in [3.8, 4) is 0 Å². The number of hydrogen-bond acceptors (Lipinski definition) is 2. The number of halogens is 1. The van der Waals surface area contributed by atoms with Crippen molar-refractivity contribution in [3.63, 3.8) is 0 Å². The van der Waals surface area contributed by atoms with Gasteiger partial charge in [0.25, 0.3) is 0 Å². The third-order valence-corrected chi connectivity index (χ3v) is 3.17. The van der Waals surface area contributed by atoms with Crippen LogP contribution in [0.4, 0.5) is 0 Å². The van der Waals surface area contributed by atoms with E-state index in [1.165, 1.54) is 19.3 Å². The lowest BCUT2D eigenvalue weighted by Crippen LogP contribution is -2.06. The molecule has 0 bridgehead atoms. The van der Waals surface area contributed by atoms with Crippen LogP contribution in [-0.4, -0.2) is 12.1 Å². The molecule has 1 aliphatic heterocycles. The van der Waals surface area contributed by atoms with Gasteiger partial charge >= 0.3 is 5.97 Å². The van der Waals surface area contributed by atoms with Crippen LogP contribution >= 0.6 is 15.9 Å². The molecule has 1 fully saturated rings. The van der Waals surface area contributed by atoms with Gasteiger partial charge in [-0.2, -0.15) is 0 Å². The van der Waals surface area contributed by atoms with Gasteiger partial charge < -0.3 is 4.74 Å². The van der Waals surface area contributed by atoms with Gasteiger partial charge in [0.15, 0.2) is 0 Å². The van der Waals surface area contributed by atoms with Gasteiger partial charge in [-0.3, -0.25) is 4.79 Å². The molecule has 1 aliphatic rings. The third kappa shape index (κ3) is 3.82. The maximum absolute atomic E-state index is 10.9. The average molecular weight is 261 g/mol. The molecule has 0 saturated carbocycles. The summed E-state index contributed by atoms with van der Waals surface area (Å²) in [7, 11) is 0. The summed E-state index contributed by atoms with van der Waals surface area (Å²) >= 11 is 3.47. The summed E-state index contributed by atoms with van der Waals surface area (Å²) in [5.74, 6) is -0.0751. The third-order valence-electron chi connectivity index (χ3n) is 2.34. The molecular weight excluding hydrogens is 244 g/mol. The van der Waals surface area contributed by atoms with E-state index in [9.17, 15) is 4.79 Å². The van der Waals surface area contributed by atoms with Crippen LogP contribution in [0.1, 0.15) is 45.4 Å². The van der Waals surface area contributed by atoms with Crippen LogP contribution in [0.5, 0.6) is 0 Å². The molecule has 0 radical (unpaired) electrons. The lowest BCUT2D eigenvalue weighted by Gasteiger charge is -2.07. The molecule has 1 rings (SSSR count). The number of esters is 1. The number of unbranched alkanes of at least 4 members (excludes halogenated alkanes) is 3. The van der Waals surface area contributed by atoms with E-state index < -0.39 is 0 Å². The summed E-state index contributed by atoms with van der Waals surface area (Å²) in [6.07, 6.45) is 8.30. The normalized spacial score (nSPS) is 22.6. The first-order valence-electron chi connectivity index (χ1n) is 5.29. The molecule has 2 nitrogen and oxygen atoms in total. The van der Waals surface area contributed by atoms with Crippen molar-refractivity contribution in [2.75, 3.05) is 0 Å². The van der Waals surface area contributed by atoms with Gasteiger partial charge in [-0.05, 0) is 19.3 Å². The van der Waals surface area contributed by atoms with E-state index in [2.05, 4.69) is 28.9 Å². The first-order chi connectivity index (χ1) is 6.74. The largest absolute Gasteiger partial charge is 0.457 e. The fourth-order valence-corrected chi connectivity index (χ4v) is 2.04. The zero-order valence-electron chi connectivity index (χ0n) is 8.59. The van der Waals surface area contributed by atoms with Gasteiger partial charge in [0.05, 0.1) is 0 Å². The highest BCUT2D eigenvalue weighted by molar-refractivity contribution is 9.11. The second-order valence-electron chi connectivity index (χ2n) is 3.60. The quantitative estimate of drug-likeness (QED) is 0.558. The smallest absolute Gasteiger partial charge is 0.306 e. The van der Waals surface area contributed by atoms with Crippen LogP contribution in [-0.2, 0) is 9.53 Å². The van der Waals surface area contributed by atoms with Crippen molar-refractivity contribution in [1.82, 2.24) is 0 Å². The molecular formula is C11H17BrO2. The maximum atomic E-state index is 10.9. The predicted octanol–water partition coefficient (Wildman–Crippen LogP) is 3.55. The molecule has 1 saturated heterocycles. The van der Waals surface area contributed by atoms with E-state index in [1.54, 1.807) is 0 Å². The Balaban J connectivity index is 2.25. The fourth-order valence-electron chi connectivity index (χ4n) is 1.49. The first-order valence-corrected chi connectivity index (χ1v) is 6.08. The molecule has 14 heavy (non-hydrogen) atoms. The van der Waals surface area contributed by atoms with Gasteiger partial charge in [0.2, 0.25) is 0 Å². The highest BCUT2D eigenvalue weighted by atomic mass is 79.9. The number of rotatable bonds is 5. The summed E-state index contributed by atoms with van der Waals surface area (Å²) in [6.45, 7) is 2.19. The molecule has 0 aromatic rings. The summed E-state index contributed by atoms with van der Waals surface area (Å²) in [5.41, 5.74) is 0. The number of ether oxygens (including phenoxy) is 1.